The number of carbonyl (C=O) groups excluding carboxylic acids is 1. The first-order valence-electron chi connectivity index (χ1n) is 4.02. The summed E-state index contributed by atoms with van der Waals surface area (Å²) in [4.78, 5) is 14.3. The van der Waals surface area contributed by atoms with Crippen molar-refractivity contribution in [3.63, 3.8) is 0 Å². The van der Waals surface area contributed by atoms with Crippen molar-refractivity contribution in [1.82, 2.24) is 4.98 Å². The summed E-state index contributed by atoms with van der Waals surface area (Å²) in [5.74, 6) is 1.30. The van der Waals surface area contributed by atoms with Crippen LogP contribution in [0, 0.1) is 0 Å². The van der Waals surface area contributed by atoms with Gasteiger partial charge in [0, 0.05) is 12.1 Å². The Morgan fingerprint density at radius 2 is 2.07 bits per heavy atom. The molecule has 0 radical (unpaired) electrons. The van der Waals surface area contributed by atoms with Gasteiger partial charge in [-0.15, -0.1) is 0 Å². The van der Waals surface area contributed by atoms with Gasteiger partial charge in [0.05, 0.1) is 0 Å². The highest BCUT2D eigenvalue weighted by Crippen LogP contribution is 2.35. The zero-order valence-corrected chi connectivity index (χ0v) is 7.02. The second-order valence-electron chi connectivity index (χ2n) is 2.84. The lowest BCUT2D eigenvalue weighted by Crippen LogP contribution is -1.92. The molecule has 0 unspecified atom stereocenters. The molecule has 1 aromatic carbocycles. The maximum atomic E-state index is 10.4. The van der Waals surface area contributed by atoms with Crippen molar-refractivity contribution in [3.05, 3.63) is 18.0 Å². The summed E-state index contributed by atoms with van der Waals surface area (Å²) in [6.07, 6.45) is 0.562. The Hall–Kier alpha value is -2.04. The van der Waals surface area contributed by atoms with E-state index >= 15 is 0 Å². The first-order chi connectivity index (χ1) is 6.86. The van der Waals surface area contributed by atoms with Crippen LogP contribution in [-0.4, -0.2) is 18.1 Å². The predicted octanol–water partition coefficient (Wildman–Crippen LogP) is 1.37. The van der Waals surface area contributed by atoms with E-state index in [1.807, 2.05) is 0 Å². The lowest BCUT2D eigenvalue weighted by Gasteiger charge is -1.92. The predicted molar refractivity (Wildman–Crippen MR) is 45.5 cm³/mol. The van der Waals surface area contributed by atoms with Crippen LogP contribution < -0.4 is 9.47 Å². The highest BCUT2D eigenvalue weighted by atomic mass is 16.7. The van der Waals surface area contributed by atoms with Gasteiger partial charge in [0.25, 0.3) is 5.89 Å². The molecule has 0 amide bonds. The Kier molecular flexibility index (Phi) is 1.30. The first kappa shape index (κ1) is 7.37. The largest absolute Gasteiger partial charge is 0.454 e. The monoisotopic (exact) mass is 191 g/mol. The van der Waals surface area contributed by atoms with Crippen molar-refractivity contribution in [3.8, 4) is 11.5 Å². The number of nitrogens with zero attached hydrogens (tertiary/aromatic N) is 1. The Balaban J connectivity index is 2.29. The maximum absolute atomic E-state index is 10.4. The van der Waals surface area contributed by atoms with Gasteiger partial charge in [-0.05, 0) is 0 Å². The van der Waals surface area contributed by atoms with Crippen molar-refractivity contribution < 1.29 is 18.7 Å². The molecule has 0 bridgehead atoms. The summed E-state index contributed by atoms with van der Waals surface area (Å²) in [5, 5.41) is 0. The second-order valence-corrected chi connectivity index (χ2v) is 2.84. The first-order valence-corrected chi connectivity index (χ1v) is 4.02. The molecule has 0 fully saturated rings. The minimum absolute atomic E-state index is 0.0590. The summed E-state index contributed by atoms with van der Waals surface area (Å²) in [6.45, 7) is 0.211. The van der Waals surface area contributed by atoms with Gasteiger partial charge in [0.2, 0.25) is 13.1 Å². The minimum Gasteiger partial charge on any atom is -0.454 e. The van der Waals surface area contributed by atoms with Gasteiger partial charge >= 0.3 is 0 Å². The van der Waals surface area contributed by atoms with Crippen LogP contribution >= 0.6 is 0 Å². The van der Waals surface area contributed by atoms with Gasteiger partial charge in [-0.3, -0.25) is 4.79 Å². The number of hydrogen-bond donors (Lipinski definition) is 0. The third-order valence-corrected chi connectivity index (χ3v) is 2.00. The maximum Gasteiger partial charge on any atom is 0.260 e. The van der Waals surface area contributed by atoms with Gasteiger partial charge in [0.1, 0.15) is 5.52 Å². The number of oxazole rings is 1. The quantitative estimate of drug-likeness (QED) is 0.637. The summed E-state index contributed by atoms with van der Waals surface area (Å²) < 4.78 is 15.4. The normalized spacial score (nSPS) is 13.4. The molecule has 1 aliphatic rings. The van der Waals surface area contributed by atoms with Crippen LogP contribution in [0.4, 0.5) is 0 Å². The third-order valence-electron chi connectivity index (χ3n) is 2.00. The number of aromatic nitrogens is 1. The van der Waals surface area contributed by atoms with Gasteiger partial charge in [0.15, 0.2) is 17.1 Å². The summed E-state index contributed by atoms with van der Waals surface area (Å²) in [5.41, 5.74) is 1.12. The molecule has 2 aromatic rings. The highest BCUT2D eigenvalue weighted by Gasteiger charge is 2.17. The highest BCUT2D eigenvalue weighted by molar-refractivity contribution is 5.82. The number of rotatable bonds is 1. The topological polar surface area (TPSA) is 61.6 Å². The Morgan fingerprint density at radius 3 is 2.86 bits per heavy atom. The van der Waals surface area contributed by atoms with Gasteiger partial charge in [-0.2, -0.15) is 0 Å². The molecule has 0 saturated carbocycles. The summed E-state index contributed by atoms with van der Waals surface area (Å²) in [6, 6.07) is 3.35. The number of benzene rings is 1. The Bertz CT molecular complexity index is 476. The third kappa shape index (κ3) is 0.891. The minimum atomic E-state index is 0.0590. The number of aldehydes is 1. The van der Waals surface area contributed by atoms with Gasteiger partial charge < -0.3 is 13.9 Å². The number of carbonyl (C=O) groups is 1. The van der Waals surface area contributed by atoms with Crippen molar-refractivity contribution in [2.45, 2.75) is 0 Å². The molecule has 0 spiro atoms. The van der Waals surface area contributed by atoms with Crippen LogP contribution in [0.1, 0.15) is 10.7 Å². The summed E-state index contributed by atoms with van der Waals surface area (Å²) in [7, 11) is 0. The molecular weight excluding hydrogens is 186 g/mol. The van der Waals surface area contributed by atoms with E-state index in [1.54, 1.807) is 12.1 Å². The number of ether oxygens (including phenoxy) is 2. The van der Waals surface area contributed by atoms with Crippen LogP contribution in [0.25, 0.3) is 11.1 Å². The fourth-order valence-electron chi connectivity index (χ4n) is 1.39. The van der Waals surface area contributed by atoms with E-state index in [0.717, 1.165) is 0 Å². The van der Waals surface area contributed by atoms with Crippen LogP contribution in [-0.2, 0) is 0 Å². The molecule has 0 N–H and O–H groups in total. The van der Waals surface area contributed by atoms with E-state index in [2.05, 4.69) is 4.98 Å². The van der Waals surface area contributed by atoms with Gasteiger partial charge in [-0.1, -0.05) is 0 Å². The molecule has 2 heterocycles. The molecule has 1 aliphatic heterocycles. The fourth-order valence-corrected chi connectivity index (χ4v) is 1.39. The molecule has 0 saturated heterocycles. The number of fused-ring (bicyclic) bond motifs is 2. The second kappa shape index (κ2) is 2.47. The van der Waals surface area contributed by atoms with Crippen molar-refractivity contribution >= 4 is 17.4 Å². The van der Waals surface area contributed by atoms with E-state index in [0.29, 0.717) is 28.9 Å². The van der Waals surface area contributed by atoms with Crippen LogP contribution in [0.2, 0.25) is 0 Å². The van der Waals surface area contributed by atoms with E-state index < -0.39 is 0 Å². The average Bonchev–Trinajstić information content (AvgIpc) is 2.77. The molecule has 3 rings (SSSR count). The van der Waals surface area contributed by atoms with Gasteiger partial charge in [-0.25, -0.2) is 4.98 Å². The number of hydrogen-bond acceptors (Lipinski definition) is 5. The van der Waals surface area contributed by atoms with Crippen molar-refractivity contribution in [2.75, 3.05) is 6.79 Å². The SMILES string of the molecule is O=Cc1nc2cc3c(cc2o1)OCO3. The van der Waals surface area contributed by atoms with E-state index in [4.69, 9.17) is 13.9 Å². The van der Waals surface area contributed by atoms with Crippen LogP contribution in [0.15, 0.2) is 16.5 Å². The smallest absolute Gasteiger partial charge is 0.260 e. The molecule has 0 atom stereocenters. The van der Waals surface area contributed by atoms with Crippen molar-refractivity contribution in [2.24, 2.45) is 0 Å². The average molecular weight is 191 g/mol. The lowest BCUT2D eigenvalue weighted by atomic mass is 10.3. The zero-order chi connectivity index (χ0) is 9.54. The molecular formula is C9H5NO4. The molecule has 0 aliphatic carbocycles. The molecule has 5 heteroatoms. The fraction of sp³-hybridized carbons (Fsp3) is 0.111. The molecule has 14 heavy (non-hydrogen) atoms. The Morgan fingerprint density at radius 1 is 1.29 bits per heavy atom. The standard InChI is InChI=1S/C9H5NO4/c11-3-9-10-5-1-7-8(13-4-12-7)2-6(5)14-9/h1-3H,4H2. The lowest BCUT2D eigenvalue weighted by molar-refractivity contribution is 0.109. The van der Waals surface area contributed by atoms with E-state index in [-0.39, 0.29) is 12.7 Å². The molecule has 70 valence electrons. The van der Waals surface area contributed by atoms with Crippen LogP contribution in [0.5, 0.6) is 11.5 Å². The van der Waals surface area contributed by atoms with E-state index in [9.17, 15) is 4.79 Å². The molecule has 5 nitrogen and oxygen atoms in total. The summed E-state index contributed by atoms with van der Waals surface area (Å²) >= 11 is 0. The van der Waals surface area contributed by atoms with Crippen LogP contribution in [0.3, 0.4) is 0 Å². The Labute approximate surface area is 78.2 Å². The van der Waals surface area contributed by atoms with Crippen molar-refractivity contribution in [1.29, 1.82) is 0 Å². The van der Waals surface area contributed by atoms with E-state index in [1.165, 1.54) is 0 Å². The zero-order valence-electron chi connectivity index (χ0n) is 7.02. The molecule has 1 aromatic heterocycles.